The van der Waals surface area contributed by atoms with Crippen molar-refractivity contribution in [1.82, 2.24) is 20.4 Å². The average molecular weight is 483 g/mol. The molecule has 2 heterocycles. The van der Waals surface area contributed by atoms with Crippen LogP contribution in [0.1, 0.15) is 58.3 Å². The number of hydrogen-bond acceptors (Lipinski definition) is 7. The third-order valence-corrected chi connectivity index (χ3v) is 6.13. The van der Waals surface area contributed by atoms with Gasteiger partial charge < -0.3 is 10.6 Å². The van der Waals surface area contributed by atoms with Crippen molar-refractivity contribution >= 4 is 48.1 Å². The zero-order valence-corrected chi connectivity index (χ0v) is 20.0. The Balaban J connectivity index is 1.74. The van der Waals surface area contributed by atoms with Crippen LogP contribution in [0.5, 0.6) is 0 Å². The lowest BCUT2D eigenvalue weighted by Gasteiger charge is -2.16. The molecule has 0 spiro atoms. The van der Waals surface area contributed by atoms with Gasteiger partial charge in [-0.2, -0.15) is 12.6 Å². The lowest BCUT2D eigenvalue weighted by atomic mass is 9.94. The number of likely N-dealkylation sites (tertiary alicyclic amines) is 2. The molecule has 0 radical (unpaired) electrons. The molecule has 2 atom stereocenters. The third-order valence-electron chi connectivity index (χ3n) is 5.91. The fraction of sp³-hybridized carbons (Fsp3) is 0.727. The first-order valence-electron chi connectivity index (χ1n) is 11.6. The summed E-state index contributed by atoms with van der Waals surface area (Å²) < 4.78 is 0. The molecule has 6 amide bonds. The predicted octanol–water partition coefficient (Wildman–Crippen LogP) is 0.259. The van der Waals surface area contributed by atoms with E-state index in [0.717, 1.165) is 16.2 Å². The quantitative estimate of drug-likeness (QED) is 0.240. The maximum atomic E-state index is 12.6. The molecule has 33 heavy (non-hydrogen) atoms. The van der Waals surface area contributed by atoms with E-state index in [4.69, 9.17) is 0 Å². The van der Waals surface area contributed by atoms with E-state index in [9.17, 15) is 28.8 Å². The number of amides is 6. The lowest BCUT2D eigenvalue weighted by Crippen LogP contribution is -2.35. The van der Waals surface area contributed by atoms with Crippen LogP contribution in [0.2, 0.25) is 0 Å². The number of hydrogen-bond donors (Lipinski definition) is 3. The van der Waals surface area contributed by atoms with Crippen LogP contribution in [0.15, 0.2) is 0 Å². The zero-order valence-electron chi connectivity index (χ0n) is 19.1. The van der Waals surface area contributed by atoms with Crippen LogP contribution in [-0.2, 0) is 28.8 Å². The molecule has 2 rings (SSSR count). The summed E-state index contributed by atoms with van der Waals surface area (Å²) in [6.45, 7) is 3.07. The first kappa shape index (κ1) is 26.8. The lowest BCUT2D eigenvalue weighted by molar-refractivity contribution is -0.141. The van der Waals surface area contributed by atoms with Gasteiger partial charge in [0.1, 0.15) is 0 Å². The van der Waals surface area contributed by atoms with Crippen molar-refractivity contribution in [2.45, 2.75) is 58.3 Å². The highest BCUT2D eigenvalue weighted by molar-refractivity contribution is 7.80. The Morgan fingerprint density at radius 3 is 1.73 bits per heavy atom. The van der Waals surface area contributed by atoms with E-state index < -0.39 is 11.8 Å². The summed E-state index contributed by atoms with van der Waals surface area (Å²) in [5, 5.41) is 5.37. The molecule has 2 unspecified atom stereocenters. The van der Waals surface area contributed by atoms with Crippen molar-refractivity contribution in [2.24, 2.45) is 11.8 Å². The van der Waals surface area contributed by atoms with Gasteiger partial charge in [0.15, 0.2) is 0 Å². The van der Waals surface area contributed by atoms with E-state index in [1.165, 1.54) is 0 Å². The summed E-state index contributed by atoms with van der Waals surface area (Å²) in [7, 11) is 0. The highest BCUT2D eigenvalue weighted by atomic mass is 32.1. The molecule has 0 bridgehead atoms. The number of nitrogens with one attached hydrogen (secondary N) is 2. The highest BCUT2D eigenvalue weighted by Crippen LogP contribution is 2.29. The van der Waals surface area contributed by atoms with Gasteiger partial charge in [-0.25, -0.2) is 0 Å². The van der Waals surface area contributed by atoms with Crippen LogP contribution >= 0.6 is 12.6 Å². The first-order chi connectivity index (χ1) is 15.8. The van der Waals surface area contributed by atoms with E-state index in [0.29, 0.717) is 38.1 Å². The largest absolute Gasteiger partial charge is 0.356 e. The van der Waals surface area contributed by atoms with E-state index in [1.54, 1.807) is 0 Å². The standard InChI is InChI=1S/C22H34N4O6S/c1-2-8-23-17(27)6-10-25-19(29)13-15(21(25)31)4-3-5-16-14-20(30)26(22(16)32)11-7-18(28)24-9-12-33/h15-16,33H,2-14H2,1H3,(H,23,27)(H,24,28). The van der Waals surface area contributed by atoms with Gasteiger partial charge >= 0.3 is 0 Å². The summed E-state index contributed by atoms with van der Waals surface area (Å²) in [6.07, 6.45) is 2.61. The molecule has 2 aliphatic rings. The number of thiol groups is 1. The zero-order chi connectivity index (χ0) is 24.4. The summed E-state index contributed by atoms with van der Waals surface area (Å²) in [6, 6.07) is 0. The number of imide groups is 2. The Labute approximate surface area is 199 Å². The maximum absolute atomic E-state index is 12.6. The maximum Gasteiger partial charge on any atom is 0.232 e. The molecule has 10 nitrogen and oxygen atoms in total. The number of rotatable bonds is 14. The van der Waals surface area contributed by atoms with Gasteiger partial charge in [0.2, 0.25) is 35.4 Å². The molecule has 2 aliphatic heterocycles. The van der Waals surface area contributed by atoms with E-state index in [-0.39, 0.29) is 74.2 Å². The molecule has 184 valence electrons. The SMILES string of the molecule is CCCNC(=O)CCN1C(=O)CC(CCCC2CC(=O)N(CCC(=O)NCCS)C2=O)C1=O. The van der Waals surface area contributed by atoms with Gasteiger partial charge in [0, 0.05) is 69.5 Å². The second-order valence-corrected chi connectivity index (χ2v) is 8.87. The third kappa shape index (κ3) is 7.83. The van der Waals surface area contributed by atoms with Gasteiger partial charge in [-0.05, 0) is 19.3 Å². The Kier molecular flexibility index (Phi) is 10.8. The monoisotopic (exact) mass is 482 g/mol. The van der Waals surface area contributed by atoms with Crippen molar-refractivity contribution < 1.29 is 28.8 Å². The molecule has 11 heteroatoms. The number of carbonyl (C=O) groups excluding carboxylic acids is 6. The highest BCUT2D eigenvalue weighted by Gasteiger charge is 2.40. The molecule has 2 fully saturated rings. The fourth-order valence-electron chi connectivity index (χ4n) is 4.10. The second kappa shape index (κ2) is 13.3. The topological polar surface area (TPSA) is 133 Å². The van der Waals surface area contributed by atoms with Gasteiger partial charge in [-0.3, -0.25) is 38.6 Å². The molecule has 0 aromatic carbocycles. The Hall–Kier alpha value is -2.43. The number of carbonyl (C=O) groups is 6. The van der Waals surface area contributed by atoms with Crippen LogP contribution in [0, 0.1) is 11.8 Å². The molecule has 0 aromatic rings. The molecular formula is C22H34N4O6S. The summed E-state index contributed by atoms with van der Waals surface area (Å²) >= 11 is 4.01. The van der Waals surface area contributed by atoms with Crippen LogP contribution in [0.3, 0.4) is 0 Å². The average Bonchev–Trinajstić information content (AvgIpc) is 3.21. The molecule has 0 aliphatic carbocycles. The van der Waals surface area contributed by atoms with Gasteiger partial charge in [-0.15, -0.1) is 0 Å². The molecular weight excluding hydrogens is 448 g/mol. The normalized spacial score (nSPS) is 20.7. The van der Waals surface area contributed by atoms with Crippen LogP contribution in [0.25, 0.3) is 0 Å². The minimum Gasteiger partial charge on any atom is -0.356 e. The minimum absolute atomic E-state index is 0.0585. The Morgan fingerprint density at radius 2 is 1.30 bits per heavy atom. The first-order valence-corrected chi connectivity index (χ1v) is 12.2. The summed E-state index contributed by atoms with van der Waals surface area (Å²) in [5.74, 6) is -1.93. The van der Waals surface area contributed by atoms with Crippen molar-refractivity contribution in [3.8, 4) is 0 Å². The smallest absolute Gasteiger partial charge is 0.232 e. The Morgan fingerprint density at radius 1 is 0.848 bits per heavy atom. The van der Waals surface area contributed by atoms with Crippen LogP contribution < -0.4 is 10.6 Å². The summed E-state index contributed by atoms with van der Waals surface area (Å²) in [5.41, 5.74) is 0. The van der Waals surface area contributed by atoms with E-state index in [1.807, 2.05) is 6.92 Å². The van der Waals surface area contributed by atoms with E-state index >= 15 is 0 Å². The van der Waals surface area contributed by atoms with Crippen LogP contribution in [0.4, 0.5) is 0 Å². The van der Waals surface area contributed by atoms with Gasteiger partial charge in [0.25, 0.3) is 0 Å². The van der Waals surface area contributed by atoms with Crippen molar-refractivity contribution in [3.05, 3.63) is 0 Å². The van der Waals surface area contributed by atoms with Crippen molar-refractivity contribution in [2.75, 3.05) is 31.9 Å². The molecule has 2 saturated heterocycles. The van der Waals surface area contributed by atoms with E-state index in [2.05, 4.69) is 23.3 Å². The van der Waals surface area contributed by atoms with Crippen LogP contribution in [-0.4, -0.2) is 77.2 Å². The van der Waals surface area contributed by atoms with Crippen molar-refractivity contribution in [3.63, 3.8) is 0 Å². The molecule has 0 aromatic heterocycles. The summed E-state index contributed by atoms with van der Waals surface area (Å²) in [4.78, 5) is 75.3. The minimum atomic E-state index is -0.455. The number of nitrogens with zero attached hydrogens (tertiary/aromatic N) is 2. The Bertz CT molecular complexity index is 712. The second-order valence-electron chi connectivity index (χ2n) is 8.42. The molecule has 2 N–H and O–H groups in total. The van der Waals surface area contributed by atoms with Gasteiger partial charge in [-0.1, -0.05) is 13.3 Å². The fourth-order valence-corrected chi connectivity index (χ4v) is 4.21. The van der Waals surface area contributed by atoms with Crippen molar-refractivity contribution in [1.29, 1.82) is 0 Å². The predicted molar refractivity (Wildman–Crippen MR) is 123 cm³/mol. The van der Waals surface area contributed by atoms with Gasteiger partial charge in [0.05, 0.1) is 0 Å². The molecule has 0 saturated carbocycles.